The lowest BCUT2D eigenvalue weighted by Crippen LogP contribution is -2.36. The van der Waals surface area contributed by atoms with E-state index in [4.69, 9.17) is 14.2 Å². The number of hydrogen-bond acceptors (Lipinski definition) is 10. The van der Waals surface area contributed by atoms with Gasteiger partial charge in [0.05, 0.1) is 61.1 Å². The summed E-state index contributed by atoms with van der Waals surface area (Å²) < 4.78 is 141. The number of rotatable bonds is 18. The first-order valence-electron chi connectivity index (χ1n) is 18.3. The van der Waals surface area contributed by atoms with Gasteiger partial charge < -0.3 is 28.9 Å². The molecule has 0 N–H and O–H groups in total. The molecule has 0 aliphatic carbocycles. The number of morpholine rings is 1. The minimum absolute atomic E-state index is 0.00108. The highest BCUT2D eigenvalue weighted by Crippen LogP contribution is 2.38. The van der Waals surface area contributed by atoms with E-state index in [9.17, 15) is 49.1 Å². The molecular formula is C38H44F9N5O5. The molecule has 314 valence electrons. The molecule has 0 bridgehead atoms. The van der Waals surface area contributed by atoms with Crippen LogP contribution in [0.15, 0.2) is 48.8 Å². The molecule has 3 aromatic rings. The van der Waals surface area contributed by atoms with Gasteiger partial charge in [-0.05, 0) is 67.3 Å². The van der Waals surface area contributed by atoms with E-state index in [0.717, 1.165) is 12.1 Å². The molecule has 19 heteroatoms. The monoisotopic (exact) mass is 821 g/mol. The van der Waals surface area contributed by atoms with Crippen molar-refractivity contribution in [3.8, 4) is 0 Å². The Balaban J connectivity index is 1.76. The Bertz CT molecular complexity index is 1730. The molecule has 1 aromatic heterocycles. The normalized spacial score (nSPS) is 13.7. The van der Waals surface area contributed by atoms with Crippen molar-refractivity contribution in [3.63, 3.8) is 0 Å². The van der Waals surface area contributed by atoms with Gasteiger partial charge in [-0.1, -0.05) is 12.8 Å². The lowest BCUT2D eigenvalue weighted by molar-refractivity contribution is -0.144. The minimum Gasteiger partial charge on any atom is -0.466 e. The summed E-state index contributed by atoms with van der Waals surface area (Å²) in [6.07, 6.45) is -9.77. The second kappa shape index (κ2) is 20.1. The summed E-state index contributed by atoms with van der Waals surface area (Å²) in [4.78, 5) is 36.9. The number of anilines is 3. The number of esters is 2. The van der Waals surface area contributed by atoms with Gasteiger partial charge in [-0.2, -0.15) is 39.5 Å². The largest absolute Gasteiger partial charge is 0.466 e. The fourth-order valence-corrected chi connectivity index (χ4v) is 6.20. The summed E-state index contributed by atoms with van der Waals surface area (Å²) in [7, 11) is 0. The number of alkyl halides is 9. The van der Waals surface area contributed by atoms with Crippen LogP contribution < -0.4 is 14.7 Å². The number of nitrogens with zero attached hydrogens (tertiary/aromatic N) is 5. The van der Waals surface area contributed by atoms with Crippen molar-refractivity contribution in [3.05, 3.63) is 76.6 Å². The van der Waals surface area contributed by atoms with Gasteiger partial charge in [0.1, 0.15) is 6.61 Å². The molecule has 10 nitrogen and oxygen atoms in total. The molecule has 1 aliphatic heterocycles. The SMILES string of the molecule is CCOC(=O)CCCCCCN(CCOC(C)=O)c1ccc(C(F)(F)F)cc1CN(Cc1cc(C(F)(F)F)cc(C(F)(F)F)c1)c1ncc(N2CCOCC2)cn1. The van der Waals surface area contributed by atoms with E-state index in [1.807, 2.05) is 4.90 Å². The van der Waals surface area contributed by atoms with E-state index in [-0.39, 0.29) is 62.0 Å². The summed E-state index contributed by atoms with van der Waals surface area (Å²) in [6, 6.07) is 4.02. The zero-order chi connectivity index (χ0) is 41.8. The van der Waals surface area contributed by atoms with E-state index in [1.54, 1.807) is 11.8 Å². The third-order valence-corrected chi connectivity index (χ3v) is 8.94. The average Bonchev–Trinajstić information content (AvgIpc) is 3.14. The van der Waals surface area contributed by atoms with Gasteiger partial charge in [-0.3, -0.25) is 9.59 Å². The summed E-state index contributed by atoms with van der Waals surface area (Å²) in [5.41, 5.74) is -3.82. The molecule has 1 saturated heterocycles. The first-order chi connectivity index (χ1) is 26.8. The number of carbonyl (C=O) groups is 2. The number of ether oxygens (including phenoxy) is 3. The van der Waals surface area contributed by atoms with E-state index >= 15 is 0 Å². The number of carbonyl (C=O) groups excluding carboxylic acids is 2. The van der Waals surface area contributed by atoms with Crippen molar-refractivity contribution in [1.29, 1.82) is 0 Å². The van der Waals surface area contributed by atoms with Crippen LogP contribution in [0, 0.1) is 0 Å². The fourth-order valence-electron chi connectivity index (χ4n) is 6.20. The maximum atomic E-state index is 14.2. The van der Waals surface area contributed by atoms with Crippen LogP contribution in [0.4, 0.5) is 56.8 Å². The van der Waals surface area contributed by atoms with Crippen LogP contribution in [0.25, 0.3) is 0 Å². The van der Waals surface area contributed by atoms with Crippen LogP contribution in [0.1, 0.15) is 73.8 Å². The average molecular weight is 822 g/mol. The van der Waals surface area contributed by atoms with E-state index in [0.29, 0.717) is 69.8 Å². The highest BCUT2D eigenvalue weighted by Gasteiger charge is 2.37. The van der Waals surface area contributed by atoms with Crippen molar-refractivity contribution < 1.29 is 63.3 Å². The van der Waals surface area contributed by atoms with Gasteiger partial charge >= 0.3 is 30.5 Å². The Morgan fingerprint density at radius 3 is 1.95 bits per heavy atom. The maximum Gasteiger partial charge on any atom is 0.416 e. The molecule has 1 fully saturated rings. The van der Waals surface area contributed by atoms with Crippen LogP contribution in [0.5, 0.6) is 0 Å². The van der Waals surface area contributed by atoms with Gasteiger partial charge in [-0.15, -0.1) is 0 Å². The highest BCUT2D eigenvalue weighted by molar-refractivity contribution is 5.69. The van der Waals surface area contributed by atoms with Gasteiger partial charge in [-0.25, -0.2) is 9.97 Å². The van der Waals surface area contributed by atoms with Crippen molar-refractivity contribution in [2.75, 3.05) is 67.3 Å². The second-order valence-corrected chi connectivity index (χ2v) is 13.2. The van der Waals surface area contributed by atoms with Crippen molar-refractivity contribution in [2.24, 2.45) is 0 Å². The van der Waals surface area contributed by atoms with Crippen LogP contribution >= 0.6 is 0 Å². The molecule has 0 spiro atoms. The molecule has 1 aliphatic rings. The molecule has 57 heavy (non-hydrogen) atoms. The van der Waals surface area contributed by atoms with E-state index in [2.05, 4.69) is 9.97 Å². The topological polar surface area (TPSA) is 97.3 Å². The van der Waals surface area contributed by atoms with Crippen LogP contribution in [-0.4, -0.2) is 74.5 Å². The highest BCUT2D eigenvalue weighted by atomic mass is 19.4. The Kier molecular flexibility index (Phi) is 15.8. The summed E-state index contributed by atoms with van der Waals surface area (Å²) in [5, 5.41) is 0. The Morgan fingerprint density at radius 1 is 0.754 bits per heavy atom. The number of halogens is 9. The first kappa shape index (κ1) is 44.9. The summed E-state index contributed by atoms with van der Waals surface area (Å²) in [5.74, 6) is -1.10. The van der Waals surface area contributed by atoms with E-state index < -0.39 is 59.8 Å². The molecule has 0 radical (unpaired) electrons. The van der Waals surface area contributed by atoms with Gasteiger partial charge in [0.25, 0.3) is 0 Å². The van der Waals surface area contributed by atoms with Crippen LogP contribution in [-0.2, 0) is 55.4 Å². The Hall–Kier alpha value is -4.81. The zero-order valence-electron chi connectivity index (χ0n) is 31.4. The number of unbranched alkanes of at least 4 members (excludes halogenated alkanes) is 3. The predicted molar refractivity (Wildman–Crippen MR) is 191 cm³/mol. The van der Waals surface area contributed by atoms with Gasteiger partial charge in [0.15, 0.2) is 0 Å². The van der Waals surface area contributed by atoms with E-state index in [1.165, 1.54) is 30.3 Å². The summed E-state index contributed by atoms with van der Waals surface area (Å²) >= 11 is 0. The third-order valence-electron chi connectivity index (χ3n) is 8.94. The summed E-state index contributed by atoms with van der Waals surface area (Å²) in [6.45, 7) is 3.99. The van der Waals surface area contributed by atoms with Crippen molar-refractivity contribution in [2.45, 2.75) is 77.6 Å². The predicted octanol–water partition coefficient (Wildman–Crippen LogP) is 8.46. The molecule has 0 atom stereocenters. The number of benzene rings is 2. The molecular weight excluding hydrogens is 777 g/mol. The lowest BCUT2D eigenvalue weighted by Gasteiger charge is -2.31. The van der Waals surface area contributed by atoms with Gasteiger partial charge in [0, 0.05) is 51.8 Å². The molecule has 0 saturated carbocycles. The number of aromatic nitrogens is 2. The lowest BCUT2D eigenvalue weighted by atomic mass is 10.0. The second-order valence-electron chi connectivity index (χ2n) is 13.2. The third kappa shape index (κ3) is 14.0. The van der Waals surface area contributed by atoms with Gasteiger partial charge in [0.2, 0.25) is 5.95 Å². The van der Waals surface area contributed by atoms with Crippen molar-refractivity contribution in [1.82, 2.24) is 9.97 Å². The molecule has 0 amide bonds. The maximum absolute atomic E-state index is 14.2. The minimum atomic E-state index is -5.15. The Labute approximate surface area is 323 Å². The smallest absolute Gasteiger partial charge is 0.416 e. The Morgan fingerprint density at radius 2 is 1.37 bits per heavy atom. The standard InChI is InChI=1S/C38H44F9N5O5/c1-3-56-34(54)8-6-4-5-7-11-51(14-17-57-26(2)53)33-10-9-29(36(39,40)41)20-28(33)25-52(35-48-22-32(23-49-35)50-12-15-55-16-13-50)24-27-18-30(37(42,43)44)21-31(19-27)38(45,46)47/h9-10,18-23H,3-8,11-17,24-25H2,1-2H3. The van der Waals surface area contributed by atoms with Crippen molar-refractivity contribution >= 4 is 29.3 Å². The zero-order valence-corrected chi connectivity index (χ0v) is 31.4. The number of hydrogen-bond donors (Lipinski definition) is 0. The van der Waals surface area contributed by atoms with Crippen LogP contribution in [0.3, 0.4) is 0 Å². The fraction of sp³-hybridized carbons (Fsp3) is 0.526. The quantitative estimate of drug-likeness (QED) is 0.0707. The molecule has 2 heterocycles. The molecule has 4 rings (SSSR count). The van der Waals surface area contributed by atoms with Crippen LogP contribution in [0.2, 0.25) is 0 Å². The first-order valence-corrected chi connectivity index (χ1v) is 18.3. The molecule has 2 aromatic carbocycles. The molecule has 0 unspecified atom stereocenters.